The second-order valence-corrected chi connectivity index (χ2v) is 4.22. The number of methoxy groups -OCH3 is 1. The lowest BCUT2D eigenvalue weighted by molar-refractivity contribution is 0.144. The molecule has 0 aliphatic rings. The van der Waals surface area contributed by atoms with E-state index in [1.54, 1.807) is 7.11 Å². The lowest BCUT2D eigenvalue weighted by Crippen LogP contribution is -2.28. The lowest BCUT2D eigenvalue weighted by Gasteiger charge is -2.20. The molecule has 0 saturated heterocycles. The number of nitrogens with one attached hydrogen (secondary N) is 1. The first-order valence-electron chi connectivity index (χ1n) is 6.58. The standard InChI is InChI=1S/C14H22N4O/c1-3-16-14-7-4-6-13(17-14)12-18(9-5-8-15)10-11-19-2/h4,6-7H,3,5,9-12H2,1-2H3,(H,16,17). The fraction of sp³-hybridized carbons (Fsp3) is 0.571. The van der Waals surface area contributed by atoms with Crippen molar-refractivity contribution in [3.8, 4) is 6.07 Å². The van der Waals surface area contributed by atoms with Gasteiger partial charge < -0.3 is 10.1 Å². The van der Waals surface area contributed by atoms with E-state index in [4.69, 9.17) is 10.00 Å². The van der Waals surface area contributed by atoms with Crippen molar-refractivity contribution in [2.24, 2.45) is 0 Å². The zero-order chi connectivity index (χ0) is 13.9. The largest absolute Gasteiger partial charge is 0.383 e. The molecule has 104 valence electrons. The van der Waals surface area contributed by atoms with Crippen LogP contribution in [0, 0.1) is 11.3 Å². The highest BCUT2D eigenvalue weighted by Crippen LogP contribution is 2.07. The van der Waals surface area contributed by atoms with Gasteiger partial charge in [-0.2, -0.15) is 5.26 Å². The van der Waals surface area contributed by atoms with Crippen molar-refractivity contribution in [3.63, 3.8) is 0 Å². The number of rotatable bonds is 9. The summed E-state index contributed by atoms with van der Waals surface area (Å²) in [6, 6.07) is 8.14. The summed E-state index contributed by atoms with van der Waals surface area (Å²) in [5, 5.41) is 11.9. The Bertz CT molecular complexity index is 403. The number of aromatic nitrogens is 1. The molecular weight excluding hydrogens is 240 g/mol. The van der Waals surface area contributed by atoms with E-state index in [1.807, 2.05) is 25.1 Å². The Morgan fingerprint density at radius 3 is 2.95 bits per heavy atom. The van der Waals surface area contributed by atoms with Crippen LogP contribution in [0.1, 0.15) is 19.0 Å². The van der Waals surface area contributed by atoms with Gasteiger partial charge in [0.2, 0.25) is 0 Å². The molecule has 0 atom stereocenters. The maximum Gasteiger partial charge on any atom is 0.126 e. The van der Waals surface area contributed by atoms with Crippen LogP contribution in [0.2, 0.25) is 0 Å². The third-order valence-corrected chi connectivity index (χ3v) is 2.70. The molecule has 1 aromatic rings. The van der Waals surface area contributed by atoms with E-state index in [9.17, 15) is 0 Å². The summed E-state index contributed by atoms with van der Waals surface area (Å²) in [5.74, 6) is 0.895. The van der Waals surface area contributed by atoms with Gasteiger partial charge in [0.15, 0.2) is 0 Å². The average Bonchev–Trinajstić information content (AvgIpc) is 2.42. The van der Waals surface area contributed by atoms with Crippen LogP contribution < -0.4 is 5.32 Å². The fourth-order valence-corrected chi connectivity index (χ4v) is 1.77. The Kier molecular flexibility index (Phi) is 7.56. The van der Waals surface area contributed by atoms with Gasteiger partial charge in [0.25, 0.3) is 0 Å². The van der Waals surface area contributed by atoms with Gasteiger partial charge in [-0.05, 0) is 19.1 Å². The topological polar surface area (TPSA) is 61.2 Å². The molecule has 0 bridgehead atoms. The number of hydrogen-bond donors (Lipinski definition) is 1. The molecule has 1 rings (SSSR count). The summed E-state index contributed by atoms with van der Waals surface area (Å²) < 4.78 is 5.09. The van der Waals surface area contributed by atoms with Crippen LogP contribution in [-0.4, -0.2) is 43.2 Å². The van der Waals surface area contributed by atoms with Crippen LogP contribution in [-0.2, 0) is 11.3 Å². The van der Waals surface area contributed by atoms with Gasteiger partial charge >= 0.3 is 0 Å². The molecule has 0 amide bonds. The second-order valence-electron chi connectivity index (χ2n) is 4.22. The van der Waals surface area contributed by atoms with Crippen molar-refractivity contribution < 1.29 is 4.74 Å². The number of nitrogens with zero attached hydrogens (tertiary/aromatic N) is 3. The van der Waals surface area contributed by atoms with E-state index in [-0.39, 0.29) is 0 Å². The molecule has 0 radical (unpaired) electrons. The van der Waals surface area contributed by atoms with Crippen molar-refractivity contribution >= 4 is 5.82 Å². The first kappa shape index (κ1) is 15.4. The summed E-state index contributed by atoms with van der Waals surface area (Å²) in [6.07, 6.45) is 0.524. The molecule has 1 aromatic heterocycles. The number of anilines is 1. The molecule has 1 heterocycles. The van der Waals surface area contributed by atoms with Crippen molar-refractivity contribution in [2.45, 2.75) is 19.9 Å². The van der Waals surface area contributed by atoms with Gasteiger partial charge in [-0.15, -0.1) is 0 Å². The second kappa shape index (κ2) is 9.31. The summed E-state index contributed by atoms with van der Waals surface area (Å²) in [4.78, 5) is 6.73. The molecule has 19 heavy (non-hydrogen) atoms. The number of pyridine rings is 1. The molecule has 0 aliphatic carbocycles. The summed E-state index contributed by atoms with van der Waals surface area (Å²) >= 11 is 0. The van der Waals surface area contributed by atoms with Crippen LogP contribution in [0.25, 0.3) is 0 Å². The van der Waals surface area contributed by atoms with Crippen LogP contribution in [0.3, 0.4) is 0 Å². The van der Waals surface area contributed by atoms with E-state index < -0.39 is 0 Å². The molecule has 5 nitrogen and oxygen atoms in total. The molecule has 0 unspecified atom stereocenters. The zero-order valence-corrected chi connectivity index (χ0v) is 11.7. The van der Waals surface area contributed by atoms with Crippen LogP contribution >= 0.6 is 0 Å². The minimum atomic E-state index is 0.524. The quantitative estimate of drug-likeness (QED) is 0.736. The Labute approximate surface area is 115 Å². The Morgan fingerprint density at radius 2 is 2.26 bits per heavy atom. The molecule has 0 fully saturated rings. The van der Waals surface area contributed by atoms with Gasteiger partial charge in [-0.3, -0.25) is 4.90 Å². The lowest BCUT2D eigenvalue weighted by atomic mass is 10.3. The molecular formula is C14H22N4O. The van der Waals surface area contributed by atoms with E-state index in [1.165, 1.54) is 0 Å². The normalized spacial score (nSPS) is 10.4. The molecule has 0 aromatic carbocycles. The van der Waals surface area contributed by atoms with Gasteiger partial charge in [-0.25, -0.2) is 4.98 Å². The maximum atomic E-state index is 8.69. The molecule has 5 heteroatoms. The summed E-state index contributed by atoms with van der Waals surface area (Å²) in [5.41, 5.74) is 1.01. The van der Waals surface area contributed by atoms with E-state index in [0.29, 0.717) is 13.0 Å². The predicted octanol–water partition coefficient (Wildman–Crippen LogP) is 1.88. The highest BCUT2D eigenvalue weighted by Gasteiger charge is 2.07. The third kappa shape index (κ3) is 6.18. The SMILES string of the molecule is CCNc1cccc(CN(CCC#N)CCOC)n1. The first-order chi connectivity index (χ1) is 9.30. The molecule has 1 N–H and O–H groups in total. The van der Waals surface area contributed by atoms with Crippen LogP contribution in [0.5, 0.6) is 0 Å². The fourth-order valence-electron chi connectivity index (χ4n) is 1.77. The first-order valence-corrected chi connectivity index (χ1v) is 6.58. The van der Waals surface area contributed by atoms with Gasteiger partial charge in [0.05, 0.1) is 18.4 Å². The monoisotopic (exact) mass is 262 g/mol. The van der Waals surface area contributed by atoms with Gasteiger partial charge in [0, 0.05) is 39.7 Å². The molecule has 0 saturated carbocycles. The maximum absolute atomic E-state index is 8.69. The van der Waals surface area contributed by atoms with E-state index in [2.05, 4.69) is 21.3 Å². The van der Waals surface area contributed by atoms with Crippen LogP contribution in [0.4, 0.5) is 5.82 Å². The smallest absolute Gasteiger partial charge is 0.126 e. The average molecular weight is 262 g/mol. The van der Waals surface area contributed by atoms with E-state index in [0.717, 1.165) is 37.7 Å². The number of hydrogen-bond acceptors (Lipinski definition) is 5. The number of ether oxygens (including phenoxy) is 1. The summed E-state index contributed by atoms with van der Waals surface area (Å²) in [6.45, 7) is 5.87. The minimum absolute atomic E-state index is 0.524. The number of nitriles is 1. The summed E-state index contributed by atoms with van der Waals surface area (Å²) in [7, 11) is 1.69. The predicted molar refractivity (Wildman–Crippen MR) is 75.8 cm³/mol. The van der Waals surface area contributed by atoms with Crippen molar-refractivity contribution in [3.05, 3.63) is 23.9 Å². The van der Waals surface area contributed by atoms with Crippen molar-refractivity contribution in [1.29, 1.82) is 5.26 Å². The van der Waals surface area contributed by atoms with Gasteiger partial charge in [0.1, 0.15) is 5.82 Å². The Morgan fingerprint density at radius 1 is 1.42 bits per heavy atom. The third-order valence-electron chi connectivity index (χ3n) is 2.70. The molecule has 0 aliphatic heterocycles. The zero-order valence-electron chi connectivity index (χ0n) is 11.7. The van der Waals surface area contributed by atoms with Gasteiger partial charge in [-0.1, -0.05) is 6.07 Å². The minimum Gasteiger partial charge on any atom is -0.383 e. The van der Waals surface area contributed by atoms with Crippen molar-refractivity contribution in [1.82, 2.24) is 9.88 Å². The highest BCUT2D eigenvalue weighted by atomic mass is 16.5. The van der Waals surface area contributed by atoms with E-state index >= 15 is 0 Å². The highest BCUT2D eigenvalue weighted by molar-refractivity contribution is 5.34. The Hall–Kier alpha value is -1.64. The van der Waals surface area contributed by atoms with Crippen molar-refractivity contribution in [2.75, 3.05) is 38.7 Å². The Balaban J connectivity index is 2.60. The van der Waals surface area contributed by atoms with Crippen LogP contribution in [0.15, 0.2) is 18.2 Å². The molecule has 0 spiro atoms.